The summed E-state index contributed by atoms with van der Waals surface area (Å²) >= 11 is 6.12. The van der Waals surface area contributed by atoms with E-state index < -0.39 is 17.7 Å². The Kier molecular flexibility index (Phi) is 4.69. The van der Waals surface area contributed by atoms with Gasteiger partial charge in [-0.3, -0.25) is 9.59 Å². The fourth-order valence-electron chi connectivity index (χ4n) is 3.12. The van der Waals surface area contributed by atoms with Gasteiger partial charge in [0.2, 0.25) is 0 Å². The molecule has 0 amide bonds. The molecular formula is C19H14ClF3O2. The van der Waals surface area contributed by atoms with Gasteiger partial charge in [-0.1, -0.05) is 35.9 Å². The van der Waals surface area contributed by atoms with E-state index in [1.807, 2.05) is 0 Å². The Morgan fingerprint density at radius 1 is 0.960 bits per heavy atom. The molecule has 25 heavy (non-hydrogen) atoms. The van der Waals surface area contributed by atoms with Crippen LogP contribution >= 0.6 is 11.6 Å². The molecule has 2 nitrogen and oxygen atoms in total. The van der Waals surface area contributed by atoms with E-state index >= 15 is 0 Å². The maximum atomic E-state index is 13.3. The molecule has 0 bridgehead atoms. The van der Waals surface area contributed by atoms with E-state index in [4.69, 9.17) is 11.6 Å². The van der Waals surface area contributed by atoms with Gasteiger partial charge in [0, 0.05) is 23.4 Å². The molecule has 0 saturated heterocycles. The van der Waals surface area contributed by atoms with Crippen LogP contribution in [0.25, 0.3) is 11.1 Å². The van der Waals surface area contributed by atoms with Crippen LogP contribution in [0.4, 0.5) is 13.2 Å². The van der Waals surface area contributed by atoms with Gasteiger partial charge in [-0.15, -0.1) is 0 Å². The minimum absolute atomic E-state index is 0.0784. The molecule has 2 aromatic rings. The normalized spacial score (nSPS) is 16.3. The lowest BCUT2D eigenvalue weighted by molar-refractivity contribution is -0.137. The van der Waals surface area contributed by atoms with E-state index in [2.05, 4.69) is 0 Å². The average molecular weight is 367 g/mol. The number of carbonyl (C=O) groups is 2. The van der Waals surface area contributed by atoms with Gasteiger partial charge in [0.25, 0.3) is 0 Å². The predicted octanol–water partition coefficient (Wildman–Crippen LogP) is 5.43. The molecule has 0 atom stereocenters. The van der Waals surface area contributed by atoms with Crippen LogP contribution in [-0.2, 0) is 15.8 Å². The number of Topliss-reactive ketones (excluding diaryl/α,β-unsaturated/α-hetero) is 2. The van der Waals surface area contributed by atoms with Crippen molar-refractivity contribution < 1.29 is 22.8 Å². The molecular weight excluding hydrogens is 353 g/mol. The third-order valence-corrected chi connectivity index (χ3v) is 4.61. The summed E-state index contributed by atoms with van der Waals surface area (Å²) in [5, 5.41) is 0.337. The zero-order valence-electron chi connectivity index (χ0n) is 13.1. The third kappa shape index (κ3) is 3.93. The molecule has 1 fully saturated rings. The highest BCUT2D eigenvalue weighted by molar-refractivity contribution is 6.33. The van der Waals surface area contributed by atoms with Crippen LogP contribution in [-0.4, -0.2) is 11.6 Å². The van der Waals surface area contributed by atoms with Crippen LogP contribution in [0.3, 0.4) is 0 Å². The lowest BCUT2D eigenvalue weighted by Crippen LogP contribution is -2.21. The second kappa shape index (κ2) is 6.64. The number of benzene rings is 2. The molecule has 2 aromatic carbocycles. The Bertz CT molecular complexity index is 827. The Hall–Kier alpha value is -2.14. The van der Waals surface area contributed by atoms with Crippen molar-refractivity contribution in [2.24, 2.45) is 0 Å². The summed E-state index contributed by atoms with van der Waals surface area (Å²) in [4.78, 5) is 23.4. The van der Waals surface area contributed by atoms with Gasteiger partial charge < -0.3 is 0 Å². The van der Waals surface area contributed by atoms with Gasteiger partial charge in [0.05, 0.1) is 12.0 Å². The van der Waals surface area contributed by atoms with Crippen molar-refractivity contribution in [3.63, 3.8) is 0 Å². The highest BCUT2D eigenvalue weighted by atomic mass is 35.5. The van der Waals surface area contributed by atoms with Crippen molar-refractivity contribution in [1.29, 1.82) is 0 Å². The molecule has 0 spiro atoms. The maximum Gasteiger partial charge on any atom is 0.416 e. The monoisotopic (exact) mass is 366 g/mol. The molecule has 1 aliphatic carbocycles. The topological polar surface area (TPSA) is 34.1 Å². The lowest BCUT2D eigenvalue weighted by atomic mass is 9.81. The number of carbonyl (C=O) groups excluding carboxylic acids is 2. The number of ketones is 2. The molecule has 0 aromatic heterocycles. The Morgan fingerprint density at radius 3 is 2.20 bits per heavy atom. The smallest absolute Gasteiger partial charge is 0.299 e. The first kappa shape index (κ1) is 17.7. The van der Waals surface area contributed by atoms with Gasteiger partial charge in [-0.05, 0) is 35.2 Å². The van der Waals surface area contributed by atoms with E-state index in [1.54, 1.807) is 30.3 Å². The van der Waals surface area contributed by atoms with E-state index in [0.29, 0.717) is 21.7 Å². The Morgan fingerprint density at radius 2 is 1.60 bits per heavy atom. The molecule has 0 radical (unpaired) electrons. The first-order valence-electron chi connectivity index (χ1n) is 7.74. The molecule has 0 aliphatic heterocycles. The maximum absolute atomic E-state index is 13.3. The van der Waals surface area contributed by atoms with Gasteiger partial charge in [0.15, 0.2) is 0 Å². The Labute approximate surface area is 147 Å². The van der Waals surface area contributed by atoms with Crippen molar-refractivity contribution in [2.45, 2.75) is 31.4 Å². The van der Waals surface area contributed by atoms with Crippen LogP contribution in [0.1, 0.15) is 36.3 Å². The summed E-state index contributed by atoms with van der Waals surface area (Å²) in [5.41, 5.74) is 0.322. The molecule has 0 unspecified atom stereocenters. The zero-order valence-corrected chi connectivity index (χ0v) is 13.8. The molecule has 0 N–H and O–H groups in total. The fraction of sp³-hybridized carbons (Fsp3) is 0.263. The minimum Gasteiger partial charge on any atom is -0.299 e. The summed E-state index contributed by atoms with van der Waals surface area (Å²) < 4.78 is 40.0. The van der Waals surface area contributed by atoms with Crippen molar-refractivity contribution in [2.75, 3.05) is 0 Å². The van der Waals surface area contributed by atoms with Gasteiger partial charge in [-0.25, -0.2) is 0 Å². The largest absolute Gasteiger partial charge is 0.416 e. The van der Waals surface area contributed by atoms with Crippen LogP contribution in [0.5, 0.6) is 0 Å². The highest BCUT2D eigenvalue weighted by Crippen LogP contribution is 2.39. The standard InChI is InChI=1S/C19H14ClF3O2/c20-18-4-2-1-3-17(18)13-5-11(6-14(7-13)19(21,22)23)12-8-15(24)10-16(25)9-12/h1-7,12H,8-10H2. The SMILES string of the molecule is O=C1CC(=O)CC(c2cc(-c3ccccc3Cl)cc(C(F)(F)F)c2)C1. The van der Waals surface area contributed by atoms with Gasteiger partial charge >= 0.3 is 6.18 Å². The minimum atomic E-state index is -4.53. The summed E-state index contributed by atoms with van der Waals surface area (Å²) in [6.07, 6.45) is -4.51. The number of hydrogen-bond acceptors (Lipinski definition) is 2. The van der Waals surface area contributed by atoms with Crippen LogP contribution in [0.15, 0.2) is 42.5 Å². The fourth-order valence-corrected chi connectivity index (χ4v) is 3.37. The predicted molar refractivity (Wildman–Crippen MR) is 88.5 cm³/mol. The summed E-state index contributed by atoms with van der Waals surface area (Å²) in [5.74, 6) is -1.01. The number of halogens is 4. The number of alkyl halides is 3. The molecule has 0 heterocycles. The molecule has 130 valence electrons. The van der Waals surface area contributed by atoms with E-state index in [1.165, 1.54) is 0 Å². The first-order chi connectivity index (χ1) is 11.7. The third-order valence-electron chi connectivity index (χ3n) is 4.28. The first-order valence-corrected chi connectivity index (χ1v) is 8.12. The second-order valence-electron chi connectivity index (χ2n) is 6.18. The van der Waals surface area contributed by atoms with Crippen LogP contribution in [0, 0.1) is 0 Å². The Balaban J connectivity index is 2.12. The van der Waals surface area contributed by atoms with Crippen molar-refractivity contribution in [1.82, 2.24) is 0 Å². The summed E-state index contributed by atoms with van der Waals surface area (Å²) in [6.45, 7) is 0. The van der Waals surface area contributed by atoms with Crippen molar-refractivity contribution in [3.8, 4) is 11.1 Å². The molecule has 1 saturated carbocycles. The van der Waals surface area contributed by atoms with Gasteiger partial charge in [-0.2, -0.15) is 13.2 Å². The van der Waals surface area contributed by atoms with Gasteiger partial charge in [0.1, 0.15) is 11.6 Å². The number of rotatable bonds is 2. The molecule has 3 rings (SSSR count). The van der Waals surface area contributed by atoms with Crippen molar-refractivity contribution in [3.05, 3.63) is 58.6 Å². The summed E-state index contributed by atoms with van der Waals surface area (Å²) in [6, 6.07) is 10.3. The van der Waals surface area contributed by atoms with Crippen molar-refractivity contribution >= 4 is 23.2 Å². The van der Waals surface area contributed by atoms with E-state index in [0.717, 1.165) is 12.1 Å². The molecule has 1 aliphatic rings. The number of hydrogen-bond donors (Lipinski definition) is 0. The zero-order chi connectivity index (χ0) is 18.2. The second-order valence-corrected chi connectivity index (χ2v) is 6.59. The quantitative estimate of drug-likeness (QED) is 0.664. The average Bonchev–Trinajstić information content (AvgIpc) is 2.53. The van der Waals surface area contributed by atoms with E-state index in [9.17, 15) is 22.8 Å². The lowest BCUT2D eigenvalue weighted by Gasteiger charge is -2.22. The van der Waals surface area contributed by atoms with Crippen LogP contribution in [0.2, 0.25) is 5.02 Å². The van der Waals surface area contributed by atoms with Crippen LogP contribution < -0.4 is 0 Å². The van der Waals surface area contributed by atoms with E-state index in [-0.39, 0.29) is 30.8 Å². The molecule has 6 heteroatoms. The summed E-state index contributed by atoms with van der Waals surface area (Å²) in [7, 11) is 0. The highest BCUT2D eigenvalue weighted by Gasteiger charge is 2.33.